The standard InChI is InChI=1S/C21H24F2N2O4S/c22-21(23)30(28,29)19-7-5-17(6-8-19)20(27)24-13-15-1-3-16(4-2-15)14-25-11-9-18(26)10-12-25/h1-8,18,21,26H,9-14H2,(H,24,27). The lowest BCUT2D eigenvalue weighted by molar-refractivity contribution is 0.0792. The fourth-order valence-electron chi connectivity index (χ4n) is 3.28. The minimum absolute atomic E-state index is 0.187. The Morgan fingerprint density at radius 3 is 2.17 bits per heavy atom. The van der Waals surface area contributed by atoms with Gasteiger partial charge in [-0.2, -0.15) is 8.78 Å². The van der Waals surface area contributed by atoms with E-state index >= 15 is 0 Å². The zero-order valence-corrected chi connectivity index (χ0v) is 17.1. The highest BCUT2D eigenvalue weighted by Crippen LogP contribution is 2.19. The molecule has 0 saturated carbocycles. The highest BCUT2D eigenvalue weighted by molar-refractivity contribution is 7.91. The van der Waals surface area contributed by atoms with Crippen LogP contribution < -0.4 is 5.32 Å². The van der Waals surface area contributed by atoms with Crippen molar-refractivity contribution in [2.75, 3.05) is 13.1 Å². The molecule has 1 aliphatic heterocycles. The number of nitrogens with one attached hydrogen (secondary N) is 1. The van der Waals surface area contributed by atoms with Gasteiger partial charge in [-0.05, 0) is 48.2 Å². The summed E-state index contributed by atoms with van der Waals surface area (Å²) >= 11 is 0. The first-order valence-corrected chi connectivity index (χ1v) is 11.2. The van der Waals surface area contributed by atoms with E-state index in [1.165, 1.54) is 12.1 Å². The Morgan fingerprint density at radius 1 is 1.03 bits per heavy atom. The van der Waals surface area contributed by atoms with Crippen molar-refractivity contribution in [1.82, 2.24) is 10.2 Å². The number of piperidine rings is 1. The SMILES string of the molecule is O=C(NCc1ccc(CN2CCC(O)CC2)cc1)c1ccc(S(=O)(=O)C(F)F)cc1. The van der Waals surface area contributed by atoms with E-state index in [2.05, 4.69) is 10.2 Å². The second-order valence-electron chi connectivity index (χ2n) is 7.34. The van der Waals surface area contributed by atoms with Crippen LogP contribution in [-0.4, -0.2) is 49.3 Å². The van der Waals surface area contributed by atoms with Gasteiger partial charge in [-0.1, -0.05) is 24.3 Å². The zero-order chi connectivity index (χ0) is 21.7. The average molecular weight is 438 g/mol. The van der Waals surface area contributed by atoms with Crippen LogP contribution in [0.2, 0.25) is 0 Å². The number of nitrogens with zero attached hydrogens (tertiary/aromatic N) is 1. The summed E-state index contributed by atoms with van der Waals surface area (Å²) in [5.74, 6) is -3.92. The molecule has 0 aromatic heterocycles. The summed E-state index contributed by atoms with van der Waals surface area (Å²) in [5, 5.41) is 12.3. The van der Waals surface area contributed by atoms with Crippen molar-refractivity contribution in [3.8, 4) is 0 Å². The van der Waals surface area contributed by atoms with Gasteiger partial charge in [-0.15, -0.1) is 0 Å². The van der Waals surface area contributed by atoms with Crippen LogP contribution in [0.1, 0.15) is 34.3 Å². The van der Waals surface area contributed by atoms with Crippen LogP contribution in [0.25, 0.3) is 0 Å². The van der Waals surface area contributed by atoms with Crippen LogP contribution in [0.5, 0.6) is 0 Å². The molecule has 0 atom stereocenters. The number of likely N-dealkylation sites (tertiary alicyclic amines) is 1. The maximum atomic E-state index is 12.6. The molecule has 2 N–H and O–H groups in total. The molecule has 9 heteroatoms. The lowest BCUT2D eigenvalue weighted by atomic mass is 10.1. The number of benzene rings is 2. The van der Waals surface area contributed by atoms with Crippen molar-refractivity contribution in [2.45, 2.75) is 42.7 Å². The number of aliphatic hydroxyl groups excluding tert-OH is 1. The minimum Gasteiger partial charge on any atom is -0.393 e. The second-order valence-corrected chi connectivity index (χ2v) is 9.25. The molecule has 0 spiro atoms. The Morgan fingerprint density at radius 2 is 1.60 bits per heavy atom. The number of amides is 1. The lowest BCUT2D eigenvalue weighted by Crippen LogP contribution is -2.35. The van der Waals surface area contributed by atoms with E-state index in [0.717, 1.165) is 55.7 Å². The third-order valence-corrected chi connectivity index (χ3v) is 6.52. The largest absolute Gasteiger partial charge is 0.393 e. The van der Waals surface area contributed by atoms with Crippen LogP contribution in [0.4, 0.5) is 8.78 Å². The highest BCUT2D eigenvalue weighted by atomic mass is 32.2. The van der Waals surface area contributed by atoms with Crippen molar-refractivity contribution in [3.63, 3.8) is 0 Å². The molecule has 1 heterocycles. The fourth-order valence-corrected chi connectivity index (χ4v) is 4.00. The van der Waals surface area contributed by atoms with E-state index in [-0.39, 0.29) is 18.2 Å². The average Bonchev–Trinajstić information content (AvgIpc) is 2.74. The summed E-state index contributed by atoms with van der Waals surface area (Å²) in [4.78, 5) is 14.0. The third-order valence-electron chi connectivity index (χ3n) is 5.12. The van der Waals surface area contributed by atoms with E-state index in [9.17, 15) is 27.1 Å². The normalized spacial score (nSPS) is 16.0. The van der Waals surface area contributed by atoms with Crippen molar-refractivity contribution < 1.29 is 27.1 Å². The van der Waals surface area contributed by atoms with E-state index in [4.69, 9.17) is 0 Å². The van der Waals surface area contributed by atoms with E-state index < -0.39 is 26.4 Å². The molecule has 1 fully saturated rings. The molecule has 1 saturated heterocycles. The summed E-state index contributed by atoms with van der Waals surface area (Å²) in [6, 6.07) is 12.3. The molecule has 1 amide bonds. The summed E-state index contributed by atoms with van der Waals surface area (Å²) in [5.41, 5.74) is 2.24. The number of hydrogen-bond donors (Lipinski definition) is 2. The lowest BCUT2D eigenvalue weighted by Gasteiger charge is -2.29. The molecule has 30 heavy (non-hydrogen) atoms. The first-order valence-electron chi connectivity index (χ1n) is 9.64. The first kappa shape index (κ1) is 22.3. The van der Waals surface area contributed by atoms with Crippen molar-refractivity contribution in [1.29, 1.82) is 0 Å². The van der Waals surface area contributed by atoms with Crippen LogP contribution in [0.15, 0.2) is 53.4 Å². The van der Waals surface area contributed by atoms with Crippen molar-refractivity contribution in [2.24, 2.45) is 0 Å². The number of alkyl halides is 2. The summed E-state index contributed by atoms with van der Waals surface area (Å²) in [6.07, 6.45) is 1.38. The second kappa shape index (κ2) is 9.63. The van der Waals surface area contributed by atoms with E-state index in [1.54, 1.807) is 0 Å². The molecule has 0 radical (unpaired) electrons. The zero-order valence-electron chi connectivity index (χ0n) is 16.3. The molecule has 3 rings (SSSR count). The van der Waals surface area contributed by atoms with Gasteiger partial charge in [0.25, 0.3) is 5.91 Å². The van der Waals surface area contributed by atoms with Crippen molar-refractivity contribution in [3.05, 3.63) is 65.2 Å². The molecule has 2 aromatic carbocycles. The predicted octanol–water partition coefficient (Wildman–Crippen LogP) is 2.57. The van der Waals surface area contributed by atoms with Gasteiger partial charge in [-0.3, -0.25) is 9.69 Å². The van der Waals surface area contributed by atoms with Gasteiger partial charge in [0.1, 0.15) is 0 Å². The first-order chi connectivity index (χ1) is 14.3. The van der Waals surface area contributed by atoms with Gasteiger partial charge in [0.15, 0.2) is 0 Å². The summed E-state index contributed by atoms with van der Waals surface area (Å²) in [7, 11) is -4.67. The Labute approximate surface area is 174 Å². The molecular formula is C21H24F2N2O4S. The minimum atomic E-state index is -4.67. The van der Waals surface area contributed by atoms with Gasteiger partial charge >= 0.3 is 5.76 Å². The Balaban J connectivity index is 1.52. The highest BCUT2D eigenvalue weighted by Gasteiger charge is 2.26. The third kappa shape index (κ3) is 5.62. The van der Waals surface area contributed by atoms with Gasteiger partial charge < -0.3 is 10.4 Å². The number of sulfone groups is 1. The number of carbonyl (C=O) groups is 1. The number of carbonyl (C=O) groups excluding carboxylic acids is 1. The van der Waals surface area contributed by atoms with Crippen LogP contribution >= 0.6 is 0 Å². The molecule has 0 bridgehead atoms. The van der Waals surface area contributed by atoms with Crippen LogP contribution in [0.3, 0.4) is 0 Å². The topological polar surface area (TPSA) is 86.7 Å². The van der Waals surface area contributed by atoms with Crippen molar-refractivity contribution >= 4 is 15.7 Å². The molecular weight excluding hydrogens is 414 g/mol. The Kier molecular flexibility index (Phi) is 7.17. The van der Waals surface area contributed by atoms with Gasteiger partial charge in [0, 0.05) is 31.7 Å². The van der Waals surface area contributed by atoms with Crippen LogP contribution in [0, 0.1) is 0 Å². The number of aliphatic hydroxyl groups is 1. The number of rotatable bonds is 7. The van der Waals surface area contributed by atoms with Gasteiger partial charge in [0.05, 0.1) is 11.0 Å². The van der Waals surface area contributed by atoms with Gasteiger partial charge in [-0.25, -0.2) is 8.42 Å². The maximum absolute atomic E-state index is 12.6. The van der Waals surface area contributed by atoms with E-state index in [0.29, 0.717) is 0 Å². The molecule has 0 unspecified atom stereocenters. The molecule has 1 aliphatic rings. The molecule has 2 aromatic rings. The maximum Gasteiger partial charge on any atom is 0.341 e. The Bertz CT molecular complexity index is 956. The monoisotopic (exact) mass is 438 g/mol. The smallest absolute Gasteiger partial charge is 0.341 e. The Hall–Kier alpha value is -2.36. The molecule has 0 aliphatic carbocycles. The van der Waals surface area contributed by atoms with Crippen LogP contribution in [-0.2, 0) is 22.9 Å². The molecule has 6 nitrogen and oxygen atoms in total. The quantitative estimate of drug-likeness (QED) is 0.694. The number of hydrogen-bond acceptors (Lipinski definition) is 5. The predicted molar refractivity (Wildman–Crippen MR) is 108 cm³/mol. The number of halogens is 2. The summed E-state index contributed by atoms with van der Waals surface area (Å²) < 4.78 is 48.0. The summed E-state index contributed by atoms with van der Waals surface area (Å²) in [6.45, 7) is 2.84. The fraction of sp³-hybridized carbons (Fsp3) is 0.381. The van der Waals surface area contributed by atoms with Gasteiger partial charge in [0.2, 0.25) is 9.84 Å². The van der Waals surface area contributed by atoms with E-state index in [1.807, 2.05) is 24.3 Å². The molecule has 162 valence electrons.